The van der Waals surface area contributed by atoms with Gasteiger partial charge in [-0.15, -0.1) is 0 Å². The maximum absolute atomic E-state index is 12.4. The Morgan fingerprint density at radius 2 is 1.69 bits per heavy atom. The monoisotopic (exact) mass is 472 g/mol. The zero-order chi connectivity index (χ0) is 23.0. The number of hydrogen-bond acceptors (Lipinski definition) is 7. The van der Waals surface area contributed by atoms with Gasteiger partial charge in [-0.1, -0.05) is 72.0 Å². The molecule has 0 spiro atoms. The summed E-state index contributed by atoms with van der Waals surface area (Å²) in [5.41, 5.74) is 2.13. The van der Waals surface area contributed by atoms with Gasteiger partial charge in [-0.25, -0.2) is 18.2 Å². The van der Waals surface area contributed by atoms with E-state index >= 15 is 0 Å². The van der Waals surface area contributed by atoms with Gasteiger partial charge in [0, 0.05) is 5.56 Å². The topological polar surface area (TPSA) is 102 Å². The van der Waals surface area contributed by atoms with Crippen molar-refractivity contribution in [2.75, 3.05) is 23.4 Å². The lowest BCUT2D eigenvalue weighted by molar-refractivity contribution is -0.113. The van der Waals surface area contributed by atoms with Crippen LogP contribution in [-0.2, 0) is 25.8 Å². The Bertz CT molecular complexity index is 1160. The van der Waals surface area contributed by atoms with Crippen molar-refractivity contribution >= 4 is 38.2 Å². The number of anilines is 1. The smallest absolute Gasteiger partial charge is 0.350 e. The largest absolute Gasteiger partial charge is 0.462 e. The van der Waals surface area contributed by atoms with Gasteiger partial charge in [0.2, 0.25) is 5.91 Å². The highest BCUT2D eigenvalue weighted by Gasteiger charge is 2.23. The number of aryl methyl sites for hydroxylation is 1. The molecule has 3 aromatic rings. The van der Waals surface area contributed by atoms with Crippen molar-refractivity contribution in [2.45, 2.75) is 19.8 Å². The lowest BCUT2D eigenvalue weighted by Gasteiger charge is -2.05. The van der Waals surface area contributed by atoms with Gasteiger partial charge in [0.15, 0.2) is 15.0 Å². The maximum atomic E-state index is 12.4. The lowest BCUT2D eigenvalue weighted by atomic mass is 10.1. The highest BCUT2D eigenvalue weighted by molar-refractivity contribution is 7.92. The first kappa shape index (κ1) is 23.6. The molecule has 32 heavy (non-hydrogen) atoms. The number of ether oxygens (including phenoxy) is 1. The van der Waals surface area contributed by atoms with Gasteiger partial charge in [0.1, 0.15) is 10.6 Å². The van der Waals surface area contributed by atoms with E-state index in [2.05, 4.69) is 10.3 Å². The van der Waals surface area contributed by atoms with Crippen LogP contribution in [-0.4, -0.2) is 43.4 Å². The van der Waals surface area contributed by atoms with Crippen LogP contribution in [0.1, 0.15) is 28.6 Å². The molecule has 0 aliphatic heterocycles. The zero-order valence-corrected chi connectivity index (χ0v) is 19.2. The first-order valence-electron chi connectivity index (χ1n) is 10.2. The molecular formula is C23H24N2O5S2. The minimum absolute atomic E-state index is 0.0868. The molecule has 9 heteroatoms. The minimum atomic E-state index is -3.58. The average molecular weight is 473 g/mol. The number of rotatable bonds is 10. The molecule has 0 radical (unpaired) electrons. The number of amides is 1. The van der Waals surface area contributed by atoms with Crippen molar-refractivity contribution in [3.05, 3.63) is 71.1 Å². The molecule has 1 N–H and O–H groups in total. The summed E-state index contributed by atoms with van der Waals surface area (Å²) in [7, 11) is -3.58. The Morgan fingerprint density at radius 3 is 2.34 bits per heavy atom. The second kappa shape index (κ2) is 11.0. The molecule has 0 fully saturated rings. The molecule has 0 bridgehead atoms. The average Bonchev–Trinajstić information content (AvgIpc) is 3.18. The fraction of sp³-hybridized carbons (Fsp3) is 0.261. The number of hydrogen-bond donors (Lipinski definition) is 1. The van der Waals surface area contributed by atoms with Gasteiger partial charge in [0.25, 0.3) is 0 Å². The summed E-state index contributed by atoms with van der Waals surface area (Å²) in [6.45, 7) is 1.90. The van der Waals surface area contributed by atoms with Crippen LogP contribution >= 0.6 is 11.3 Å². The molecular weight excluding hydrogens is 448 g/mol. The molecule has 1 heterocycles. The van der Waals surface area contributed by atoms with Crippen molar-refractivity contribution in [1.29, 1.82) is 0 Å². The van der Waals surface area contributed by atoms with Crippen molar-refractivity contribution in [3.8, 4) is 11.3 Å². The van der Waals surface area contributed by atoms with Gasteiger partial charge in [-0.3, -0.25) is 4.79 Å². The number of thiazole rings is 1. The van der Waals surface area contributed by atoms with E-state index < -0.39 is 27.5 Å². The van der Waals surface area contributed by atoms with Gasteiger partial charge < -0.3 is 10.1 Å². The molecule has 2 aromatic carbocycles. The van der Waals surface area contributed by atoms with E-state index in [1.165, 1.54) is 0 Å². The van der Waals surface area contributed by atoms with E-state index in [0.29, 0.717) is 24.1 Å². The third-order valence-corrected chi connectivity index (χ3v) is 7.06. The number of esters is 1. The first-order chi connectivity index (χ1) is 15.4. The molecule has 1 amide bonds. The highest BCUT2D eigenvalue weighted by Crippen LogP contribution is 2.31. The highest BCUT2D eigenvalue weighted by atomic mass is 32.2. The van der Waals surface area contributed by atoms with Crippen LogP contribution in [0.2, 0.25) is 0 Å². The summed E-state index contributed by atoms with van der Waals surface area (Å²) in [6, 6.07) is 18.6. The minimum Gasteiger partial charge on any atom is -0.462 e. The second-order valence-electron chi connectivity index (χ2n) is 7.01. The van der Waals surface area contributed by atoms with E-state index in [1.54, 1.807) is 19.1 Å². The summed E-state index contributed by atoms with van der Waals surface area (Å²) >= 11 is 0.959. The Kier molecular flexibility index (Phi) is 8.13. The molecule has 7 nitrogen and oxygen atoms in total. The molecule has 0 saturated carbocycles. The molecule has 1 aromatic heterocycles. The second-order valence-corrected chi connectivity index (χ2v) is 10.2. The maximum Gasteiger partial charge on any atom is 0.350 e. The third kappa shape index (κ3) is 6.73. The Hall–Kier alpha value is -3.04. The molecule has 0 saturated heterocycles. The number of benzene rings is 2. The van der Waals surface area contributed by atoms with Crippen LogP contribution < -0.4 is 5.32 Å². The van der Waals surface area contributed by atoms with Crippen molar-refractivity contribution in [2.24, 2.45) is 0 Å². The summed E-state index contributed by atoms with van der Waals surface area (Å²) in [4.78, 5) is 29.3. The van der Waals surface area contributed by atoms with Crippen LogP contribution in [0.4, 0.5) is 5.13 Å². The molecule has 0 atom stereocenters. The van der Waals surface area contributed by atoms with E-state index in [4.69, 9.17) is 4.74 Å². The molecule has 0 aliphatic rings. The molecule has 168 valence electrons. The fourth-order valence-electron chi connectivity index (χ4n) is 3.07. The van der Waals surface area contributed by atoms with Crippen LogP contribution in [0, 0.1) is 0 Å². The number of nitrogens with one attached hydrogen (secondary N) is 1. The standard InChI is InChI=1S/C23H24N2O5S2/c1-2-30-22(27)21-20(18-13-7-4-8-14-18)25-23(31-21)24-19(26)16-32(28,29)15-9-12-17-10-5-3-6-11-17/h3-8,10-11,13-14H,2,9,12,15-16H2,1H3,(H,24,25,26). The van der Waals surface area contributed by atoms with E-state index in [-0.39, 0.29) is 22.4 Å². The third-order valence-electron chi connectivity index (χ3n) is 4.50. The number of sulfone groups is 1. The summed E-state index contributed by atoms with van der Waals surface area (Å²) in [5.74, 6) is -1.96. The van der Waals surface area contributed by atoms with E-state index in [9.17, 15) is 18.0 Å². The quantitative estimate of drug-likeness (QED) is 0.448. The SMILES string of the molecule is CCOC(=O)c1sc(NC(=O)CS(=O)(=O)CCCc2ccccc2)nc1-c1ccccc1. The molecule has 3 rings (SSSR count). The number of nitrogens with zero attached hydrogens (tertiary/aromatic N) is 1. The lowest BCUT2D eigenvalue weighted by Crippen LogP contribution is -2.24. The van der Waals surface area contributed by atoms with E-state index in [0.717, 1.165) is 16.9 Å². The normalized spacial score (nSPS) is 11.2. The number of aromatic nitrogens is 1. The summed E-state index contributed by atoms with van der Waals surface area (Å²) in [5, 5.41) is 2.66. The summed E-state index contributed by atoms with van der Waals surface area (Å²) < 4.78 is 29.8. The Balaban J connectivity index is 1.65. The predicted octanol–water partition coefficient (Wildman–Crippen LogP) is 3.97. The number of carbonyl (C=O) groups is 2. The van der Waals surface area contributed by atoms with Crippen molar-refractivity contribution in [3.63, 3.8) is 0 Å². The van der Waals surface area contributed by atoms with Crippen LogP contribution in [0.25, 0.3) is 11.3 Å². The van der Waals surface area contributed by atoms with Crippen molar-refractivity contribution < 1.29 is 22.7 Å². The Labute approximate surface area is 191 Å². The van der Waals surface area contributed by atoms with Crippen LogP contribution in [0.5, 0.6) is 0 Å². The summed E-state index contributed by atoms with van der Waals surface area (Å²) in [6.07, 6.45) is 1.06. The molecule has 0 aliphatic carbocycles. The fourth-order valence-corrected chi connectivity index (χ4v) is 5.17. The van der Waals surface area contributed by atoms with Gasteiger partial charge in [-0.05, 0) is 25.3 Å². The van der Waals surface area contributed by atoms with Crippen LogP contribution in [0.15, 0.2) is 60.7 Å². The van der Waals surface area contributed by atoms with Gasteiger partial charge in [0.05, 0.1) is 18.1 Å². The number of carbonyl (C=O) groups excluding carboxylic acids is 2. The predicted molar refractivity (Wildman–Crippen MR) is 126 cm³/mol. The van der Waals surface area contributed by atoms with Crippen molar-refractivity contribution in [1.82, 2.24) is 4.98 Å². The van der Waals surface area contributed by atoms with Crippen LogP contribution in [0.3, 0.4) is 0 Å². The van der Waals surface area contributed by atoms with Gasteiger partial charge in [-0.2, -0.15) is 0 Å². The zero-order valence-electron chi connectivity index (χ0n) is 17.6. The van der Waals surface area contributed by atoms with Gasteiger partial charge >= 0.3 is 5.97 Å². The van der Waals surface area contributed by atoms with E-state index in [1.807, 2.05) is 48.5 Å². The first-order valence-corrected chi connectivity index (χ1v) is 12.8. The Morgan fingerprint density at radius 1 is 1.03 bits per heavy atom. The molecule has 0 unspecified atom stereocenters.